The molecule has 2 amide bonds. The summed E-state index contributed by atoms with van der Waals surface area (Å²) >= 11 is 1.46. The molecule has 124 valence electrons. The highest BCUT2D eigenvalue weighted by Crippen LogP contribution is 2.27. The maximum absolute atomic E-state index is 12.8. The molecular formula is C18H19N3O2S. The molecular weight excluding hydrogens is 322 g/mol. The maximum Gasteiger partial charge on any atom is 0.274 e. The SMILES string of the molecule is O=C(NC1CC1)C1CCCN1C(=O)c1csc(-c2ccccc2)n1. The van der Waals surface area contributed by atoms with Crippen LogP contribution in [-0.4, -0.2) is 40.3 Å². The van der Waals surface area contributed by atoms with Gasteiger partial charge in [0.25, 0.3) is 5.91 Å². The predicted molar refractivity (Wildman–Crippen MR) is 92.8 cm³/mol. The van der Waals surface area contributed by atoms with Crippen molar-refractivity contribution in [3.63, 3.8) is 0 Å². The summed E-state index contributed by atoms with van der Waals surface area (Å²) in [6.45, 7) is 0.625. The summed E-state index contributed by atoms with van der Waals surface area (Å²) in [4.78, 5) is 31.3. The number of benzene rings is 1. The molecule has 6 heteroatoms. The van der Waals surface area contributed by atoms with Crippen molar-refractivity contribution in [2.45, 2.75) is 37.8 Å². The van der Waals surface area contributed by atoms with Gasteiger partial charge in [-0.3, -0.25) is 9.59 Å². The Kier molecular flexibility index (Phi) is 4.06. The van der Waals surface area contributed by atoms with Gasteiger partial charge in [-0.1, -0.05) is 30.3 Å². The lowest BCUT2D eigenvalue weighted by Gasteiger charge is -2.23. The van der Waals surface area contributed by atoms with E-state index in [4.69, 9.17) is 0 Å². The molecule has 1 aliphatic heterocycles. The molecule has 0 radical (unpaired) electrons. The van der Waals surface area contributed by atoms with Crippen LogP contribution in [0, 0.1) is 0 Å². The van der Waals surface area contributed by atoms with Gasteiger partial charge in [0.15, 0.2) is 0 Å². The van der Waals surface area contributed by atoms with Crippen molar-refractivity contribution in [1.82, 2.24) is 15.2 Å². The zero-order chi connectivity index (χ0) is 16.5. The summed E-state index contributed by atoms with van der Waals surface area (Å²) < 4.78 is 0. The number of carbonyl (C=O) groups excluding carboxylic acids is 2. The Morgan fingerprint density at radius 2 is 1.96 bits per heavy atom. The van der Waals surface area contributed by atoms with Crippen LogP contribution in [0.1, 0.15) is 36.2 Å². The summed E-state index contributed by atoms with van der Waals surface area (Å²) in [7, 11) is 0. The third-order valence-electron chi connectivity index (χ3n) is 4.48. The first kappa shape index (κ1) is 15.3. The first-order valence-corrected chi connectivity index (χ1v) is 9.22. The molecule has 1 aromatic heterocycles. The van der Waals surface area contributed by atoms with E-state index in [1.54, 1.807) is 10.3 Å². The van der Waals surface area contributed by atoms with E-state index in [-0.39, 0.29) is 17.9 Å². The van der Waals surface area contributed by atoms with Crippen molar-refractivity contribution >= 4 is 23.2 Å². The fraction of sp³-hybridized carbons (Fsp3) is 0.389. The minimum absolute atomic E-state index is 0.0122. The molecule has 5 nitrogen and oxygen atoms in total. The number of aromatic nitrogens is 1. The van der Waals surface area contributed by atoms with Crippen LogP contribution in [-0.2, 0) is 4.79 Å². The van der Waals surface area contributed by atoms with Gasteiger partial charge in [0.2, 0.25) is 5.91 Å². The number of hydrogen-bond donors (Lipinski definition) is 1. The molecule has 2 aliphatic rings. The van der Waals surface area contributed by atoms with E-state index in [2.05, 4.69) is 10.3 Å². The number of rotatable bonds is 4. The van der Waals surface area contributed by atoms with E-state index in [1.165, 1.54) is 11.3 Å². The molecule has 4 rings (SSSR count). The topological polar surface area (TPSA) is 62.3 Å². The summed E-state index contributed by atoms with van der Waals surface area (Å²) in [5.41, 5.74) is 1.44. The van der Waals surface area contributed by atoms with E-state index >= 15 is 0 Å². The average molecular weight is 341 g/mol. The Balaban J connectivity index is 1.50. The van der Waals surface area contributed by atoms with Crippen LogP contribution in [0.5, 0.6) is 0 Å². The quantitative estimate of drug-likeness (QED) is 0.930. The summed E-state index contributed by atoms with van der Waals surface area (Å²) in [6.07, 6.45) is 3.71. The second kappa shape index (κ2) is 6.36. The normalized spacial score (nSPS) is 20.2. The van der Waals surface area contributed by atoms with Crippen LogP contribution in [0.4, 0.5) is 0 Å². The Morgan fingerprint density at radius 1 is 1.17 bits per heavy atom. The number of nitrogens with one attached hydrogen (secondary N) is 1. The standard InChI is InChI=1S/C18H19N3O2S/c22-16(19-13-8-9-13)15-7-4-10-21(15)18(23)14-11-24-17(20-14)12-5-2-1-3-6-12/h1-3,5-6,11,13,15H,4,7-10H2,(H,19,22). The molecule has 2 heterocycles. The monoisotopic (exact) mass is 341 g/mol. The van der Waals surface area contributed by atoms with Gasteiger partial charge in [0, 0.05) is 23.5 Å². The van der Waals surface area contributed by atoms with Crippen LogP contribution in [0.25, 0.3) is 10.6 Å². The molecule has 1 saturated carbocycles. The second-order valence-electron chi connectivity index (χ2n) is 6.34. The second-order valence-corrected chi connectivity index (χ2v) is 7.20. The van der Waals surface area contributed by atoms with Gasteiger partial charge in [-0.2, -0.15) is 0 Å². The fourth-order valence-electron chi connectivity index (χ4n) is 3.04. The van der Waals surface area contributed by atoms with Crippen molar-refractivity contribution in [1.29, 1.82) is 0 Å². The zero-order valence-corrected chi connectivity index (χ0v) is 14.1. The van der Waals surface area contributed by atoms with Crippen LogP contribution in [0.3, 0.4) is 0 Å². The van der Waals surface area contributed by atoms with Crippen molar-refractivity contribution in [2.24, 2.45) is 0 Å². The molecule has 1 saturated heterocycles. The Morgan fingerprint density at radius 3 is 2.71 bits per heavy atom. The Hall–Kier alpha value is -2.21. The van der Waals surface area contributed by atoms with Gasteiger partial charge in [-0.05, 0) is 25.7 Å². The molecule has 0 spiro atoms. The van der Waals surface area contributed by atoms with E-state index in [1.807, 2.05) is 30.3 Å². The van der Waals surface area contributed by atoms with Gasteiger partial charge in [0.05, 0.1) is 0 Å². The van der Waals surface area contributed by atoms with Crippen molar-refractivity contribution in [2.75, 3.05) is 6.54 Å². The first-order valence-electron chi connectivity index (χ1n) is 8.34. The lowest BCUT2D eigenvalue weighted by molar-refractivity contribution is -0.125. The average Bonchev–Trinajstić information content (AvgIpc) is 3.12. The zero-order valence-electron chi connectivity index (χ0n) is 13.3. The lowest BCUT2D eigenvalue weighted by Crippen LogP contribution is -2.46. The molecule has 1 atom stereocenters. The summed E-state index contributed by atoms with van der Waals surface area (Å²) in [5, 5.41) is 5.63. The van der Waals surface area contributed by atoms with Crippen molar-refractivity contribution < 1.29 is 9.59 Å². The van der Waals surface area contributed by atoms with Gasteiger partial charge in [-0.25, -0.2) is 4.98 Å². The van der Waals surface area contributed by atoms with Gasteiger partial charge in [-0.15, -0.1) is 11.3 Å². The van der Waals surface area contributed by atoms with Crippen molar-refractivity contribution in [3.05, 3.63) is 41.4 Å². The van der Waals surface area contributed by atoms with Crippen LogP contribution >= 0.6 is 11.3 Å². The first-order chi connectivity index (χ1) is 11.7. The molecule has 24 heavy (non-hydrogen) atoms. The van der Waals surface area contributed by atoms with Gasteiger partial charge < -0.3 is 10.2 Å². The number of amides is 2. The highest BCUT2D eigenvalue weighted by Gasteiger charge is 2.37. The van der Waals surface area contributed by atoms with E-state index in [0.29, 0.717) is 18.3 Å². The smallest absolute Gasteiger partial charge is 0.274 e. The third kappa shape index (κ3) is 3.06. The summed E-state index contributed by atoms with van der Waals surface area (Å²) in [5.74, 6) is -0.149. The number of likely N-dealkylation sites (tertiary alicyclic amines) is 1. The minimum atomic E-state index is -0.347. The highest BCUT2D eigenvalue weighted by atomic mass is 32.1. The van der Waals surface area contributed by atoms with Crippen LogP contribution in [0.2, 0.25) is 0 Å². The largest absolute Gasteiger partial charge is 0.352 e. The number of carbonyl (C=O) groups is 2. The maximum atomic E-state index is 12.8. The fourth-order valence-corrected chi connectivity index (χ4v) is 3.84. The van der Waals surface area contributed by atoms with Crippen LogP contribution in [0.15, 0.2) is 35.7 Å². The number of thiazole rings is 1. The predicted octanol–water partition coefficient (Wildman–Crippen LogP) is 2.69. The lowest BCUT2D eigenvalue weighted by atomic mass is 10.2. The molecule has 1 N–H and O–H groups in total. The van der Waals surface area contributed by atoms with Gasteiger partial charge in [0.1, 0.15) is 16.7 Å². The van der Waals surface area contributed by atoms with E-state index in [0.717, 1.165) is 36.3 Å². The highest BCUT2D eigenvalue weighted by molar-refractivity contribution is 7.13. The van der Waals surface area contributed by atoms with E-state index in [9.17, 15) is 9.59 Å². The van der Waals surface area contributed by atoms with Crippen molar-refractivity contribution in [3.8, 4) is 10.6 Å². The molecule has 1 aromatic carbocycles. The minimum Gasteiger partial charge on any atom is -0.352 e. The van der Waals surface area contributed by atoms with Crippen LogP contribution < -0.4 is 5.32 Å². The molecule has 0 bridgehead atoms. The molecule has 2 fully saturated rings. The molecule has 1 unspecified atom stereocenters. The van der Waals surface area contributed by atoms with Gasteiger partial charge >= 0.3 is 0 Å². The molecule has 2 aromatic rings. The number of nitrogens with zero attached hydrogens (tertiary/aromatic N) is 2. The van der Waals surface area contributed by atoms with E-state index < -0.39 is 0 Å². The molecule has 1 aliphatic carbocycles. The Labute approximate surface area is 144 Å². The summed E-state index contributed by atoms with van der Waals surface area (Å²) in [6, 6.07) is 9.80. The Bertz CT molecular complexity index is 755. The third-order valence-corrected chi connectivity index (χ3v) is 5.38. The number of hydrogen-bond acceptors (Lipinski definition) is 4.